The van der Waals surface area contributed by atoms with E-state index in [4.69, 9.17) is 12.2 Å². The number of benzene rings is 1. The van der Waals surface area contributed by atoms with Crippen LogP contribution in [0.4, 0.5) is 0 Å². The molecule has 0 aliphatic heterocycles. The highest BCUT2D eigenvalue weighted by molar-refractivity contribution is 8.77. The van der Waals surface area contributed by atoms with Gasteiger partial charge in [-0.2, -0.15) is 0 Å². The van der Waals surface area contributed by atoms with Crippen molar-refractivity contribution in [1.82, 2.24) is 0 Å². The molecule has 0 unspecified atom stereocenters. The van der Waals surface area contributed by atoms with E-state index >= 15 is 0 Å². The summed E-state index contributed by atoms with van der Waals surface area (Å²) in [4.78, 5) is 0. The molecule has 84 valence electrons. The molecule has 0 saturated carbocycles. The van der Waals surface area contributed by atoms with Crippen LogP contribution in [-0.2, 0) is 0 Å². The van der Waals surface area contributed by atoms with Gasteiger partial charge in [0.1, 0.15) is 3.82 Å². The minimum Gasteiger partial charge on any atom is -0.0884 e. The maximum atomic E-state index is 5.41. The van der Waals surface area contributed by atoms with E-state index in [2.05, 4.69) is 31.2 Å². The van der Waals surface area contributed by atoms with Gasteiger partial charge in [0.2, 0.25) is 0 Å². The zero-order valence-electron chi connectivity index (χ0n) is 8.64. The van der Waals surface area contributed by atoms with Crippen molar-refractivity contribution in [3.05, 3.63) is 34.2 Å². The number of hydrogen-bond donors (Lipinski definition) is 0. The Morgan fingerprint density at radius 2 is 1.94 bits per heavy atom. The van der Waals surface area contributed by atoms with E-state index in [1.54, 1.807) is 20.7 Å². The molecule has 0 aliphatic rings. The van der Waals surface area contributed by atoms with Crippen LogP contribution in [-0.4, -0.2) is 5.75 Å². The van der Waals surface area contributed by atoms with Crippen LogP contribution >= 0.6 is 54.5 Å². The molecule has 0 fully saturated rings. The zero-order chi connectivity index (χ0) is 11.4. The molecule has 1 aromatic heterocycles. The standard InChI is InChI=1S/C11H10S5/c1-2-13-15-11-9(10(12)14-16-11)8-6-4-3-5-7-8/h3-7H,2H2,1H3. The molecule has 0 bridgehead atoms. The lowest BCUT2D eigenvalue weighted by atomic mass is 10.1. The topological polar surface area (TPSA) is 0 Å². The van der Waals surface area contributed by atoms with Crippen molar-refractivity contribution < 1.29 is 0 Å². The Morgan fingerprint density at radius 1 is 1.19 bits per heavy atom. The summed E-state index contributed by atoms with van der Waals surface area (Å²) >= 11 is 5.41. The van der Waals surface area contributed by atoms with Gasteiger partial charge in [-0.25, -0.2) is 0 Å². The summed E-state index contributed by atoms with van der Waals surface area (Å²) in [6.07, 6.45) is 0. The second kappa shape index (κ2) is 6.21. The van der Waals surface area contributed by atoms with Crippen molar-refractivity contribution in [2.45, 2.75) is 11.1 Å². The van der Waals surface area contributed by atoms with Crippen LogP contribution in [0.15, 0.2) is 34.5 Å². The van der Waals surface area contributed by atoms with E-state index in [-0.39, 0.29) is 0 Å². The van der Waals surface area contributed by atoms with Crippen molar-refractivity contribution in [1.29, 1.82) is 0 Å². The van der Waals surface area contributed by atoms with Gasteiger partial charge in [0.15, 0.2) is 0 Å². The van der Waals surface area contributed by atoms with Crippen LogP contribution in [0.2, 0.25) is 0 Å². The molecular weight excluding hydrogens is 292 g/mol. The van der Waals surface area contributed by atoms with Crippen LogP contribution < -0.4 is 0 Å². The fourth-order valence-corrected chi connectivity index (χ4v) is 7.05. The predicted octanol–water partition coefficient (Wildman–Crippen LogP) is 5.97. The molecular formula is C11H10S5. The average molecular weight is 303 g/mol. The second-order valence-electron chi connectivity index (χ2n) is 2.97. The van der Waals surface area contributed by atoms with E-state index in [9.17, 15) is 0 Å². The molecule has 1 aromatic carbocycles. The first kappa shape index (κ1) is 12.6. The minimum absolute atomic E-state index is 1.01. The smallest absolute Gasteiger partial charge is 0.0884 e. The monoisotopic (exact) mass is 302 g/mol. The second-order valence-corrected chi connectivity index (χ2v) is 8.64. The van der Waals surface area contributed by atoms with Crippen molar-refractivity contribution >= 4 is 54.5 Å². The van der Waals surface area contributed by atoms with Crippen molar-refractivity contribution in [3.8, 4) is 11.1 Å². The fraction of sp³-hybridized carbons (Fsp3) is 0.182. The lowest BCUT2D eigenvalue weighted by Crippen LogP contribution is -1.75. The van der Waals surface area contributed by atoms with Crippen molar-refractivity contribution in [3.63, 3.8) is 0 Å². The van der Waals surface area contributed by atoms with Crippen molar-refractivity contribution in [2.75, 3.05) is 5.75 Å². The summed E-state index contributed by atoms with van der Waals surface area (Å²) in [5.74, 6) is 1.12. The van der Waals surface area contributed by atoms with Gasteiger partial charge in [0.05, 0.1) is 4.21 Å². The Balaban J connectivity index is 2.40. The summed E-state index contributed by atoms with van der Waals surface area (Å²) in [5, 5.41) is 0. The quantitative estimate of drug-likeness (QED) is 0.504. The molecule has 0 atom stereocenters. The first-order valence-corrected chi connectivity index (χ1v) is 9.68. The van der Waals surface area contributed by atoms with E-state index in [0.717, 1.165) is 9.58 Å². The van der Waals surface area contributed by atoms with Crippen molar-refractivity contribution in [2.24, 2.45) is 0 Å². The summed E-state index contributed by atoms with van der Waals surface area (Å²) in [7, 11) is 7.20. The van der Waals surface area contributed by atoms with Gasteiger partial charge >= 0.3 is 0 Å². The maximum absolute atomic E-state index is 5.41. The molecule has 0 radical (unpaired) electrons. The average Bonchev–Trinajstić information content (AvgIpc) is 2.69. The summed E-state index contributed by atoms with van der Waals surface area (Å²) < 4.78 is 2.35. The number of rotatable bonds is 4. The van der Waals surface area contributed by atoms with Crippen LogP contribution in [0.3, 0.4) is 0 Å². The third kappa shape index (κ3) is 2.90. The van der Waals surface area contributed by atoms with Gasteiger partial charge in [-0.1, -0.05) is 80.9 Å². The Labute approximate surface area is 116 Å². The third-order valence-electron chi connectivity index (χ3n) is 1.92. The normalized spacial score (nSPS) is 10.6. The first-order chi connectivity index (χ1) is 7.83. The molecule has 0 aliphatic carbocycles. The predicted molar refractivity (Wildman–Crippen MR) is 82.5 cm³/mol. The van der Waals surface area contributed by atoms with E-state index < -0.39 is 0 Å². The summed E-state index contributed by atoms with van der Waals surface area (Å²) in [5.41, 5.74) is 2.49. The molecule has 2 rings (SSSR count). The van der Waals surface area contributed by atoms with Crippen LogP contribution in [0, 0.1) is 3.82 Å². The fourth-order valence-electron chi connectivity index (χ4n) is 1.25. The Hall–Kier alpha value is 0.190. The van der Waals surface area contributed by atoms with E-state index in [1.807, 2.05) is 27.7 Å². The molecule has 5 heteroatoms. The maximum Gasteiger partial charge on any atom is 0.110 e. The van der Waals surface area contributed by atoms with Crippen LogP contribution in [0.25, 0.3) is 11.1 Å². The van der Waals surface area contributed by atoms with Crippen LogP contribution in [0.1, 0.15) is 6.92 Å². The molecule has 0 saturated heterocycles. The lowest BCUT2D eigenvalue weighted by molar-refractivity contribution is 1.54. The highest BCUT2D eigenvalue weighted by Crippen LogP contribution is 2.44. The summed E-state index contributed by atoms with van der Waals surface area (Å²) in [6, 6.07) is 10.4. The molecule has 0 nitrogen and oxygen atoms in total. The van der Waals surface area contributed by atoms with Gasteiger partial charge in [-0.15, -0.1) is 0 Å². The number of hydrogen-bond acceptors (Lipinski definition) is 5. The van der Waals surface area contributed by atoms with Gasteiger partial charge in [0, 0.05) is 11.3 Å². The third-order valence-corrected chi connectivity index (χ3v) is 8.13. The lowest BCUT2D eigenvalue weighted by Gasteiger charge is -2.01. The Kier molecular flexibility index (Phi) is 4.91. The minimum atomic E-state index is 1.01. The molecule has 0 N–H and O–H groups in total. The molecule has 16 heavy (non-hydrogen) atoms. The molecule has 1 heterocycles. The van der Waals surface area contributed by atoms with E-state index in [1.165, 1.54) is 15.3 Å². The van der Waals surface area contributed by atoms with Gasteiger partial charge in [-0.3, -0.25) is 0 Å². The van der Waals surface area contributed by atoms with Crippen LogP contribution in [0.5, 0.6) is 0 Å². The molecule has 0 spiro atoms. The summed E-state index contributed by atoms with van der Waals surface area (Å²) in [6.45, 7) is 2.17. The van der Waals surface area contributed by atoms with Gasteiger partial charge in [-0.05, 0) is 16.4 Å². The SMILES string of the molecule is CCSSc1ssc(=S)c1-c1ccccc1. The molecule has 0 amide bonds. The highest BCUT2D eigenvalue weighted by atomic mass is 33.1. The molecule has 2 aromatic rings. The zero-order valence-corrected chi connectivity index (χ0v) is 12.7. The van der Waals surface area contributed by atoms with Gasteiger partial charge in [0.25, 0.3) is 0 Å². The largest absolute Gasteiger partial charge is 0.110 e. The first-order valence-electron chi connectivity index (χ1n) is 4.81. The Morgan fingerprint density at radius 3 is 2.62 bits per heavy atom. The van der Waals surface area contributed by atoms with Gasteiger partial charge < -0.3 is 0 Å². The highest BCUT2D eigenvalue weighted by Gasteiger charge is 2.10. The Bertz CT molecular complexity index is 497. The van der Waals surface area contributed by atoms with E-state index in [0.29, 0.717) is 0 Å².